The number of phenolic OH excluding ortho intramolecular Hbond substituents is 1. The van der Waals surface area contributed by atoms with Crippen molar-refractivity contribution in [3.63, 3.8) is 0 Å². The molecule has 1 saturated heterocycles. The third-order valence-corrected chi connectivity index (χ3v) is 6.23. The Labute approximate surface area is 203 Å². The van der Waals surface area contributed by atoms with E-state index in [1.165, 1.54) is 12.1 Å². The third-order valence-electron chi connectivity index (χ3n) is 6.23. The number of aromatic nitrogens is 4. The van der Waals surface area contributed by atoms with Crippen LogP contribution in [0.2, 0.25) is 0 Å². The highest BCUT2D eigenvalue weighted by Gasteiger charge is 2.42. The first-order chi connectivity index (χ1) is 17.1. The molecule has 4 aromatic rings. The summed E-state index contributed by atoms with van der Waals surface area (Å²) >= 11 is 0. The van der Waals surface area contributed by atoms with E-state index < -0.39 is 23.6 Å². The molecule has 0 spiro atoms. The van der Waals surface area contributed by atoms with Crippen molar-refractivity contribution in [3.05, 3.63) is 54.4 Å². The molecule has 0 atom stereocenters. The van der Waals surface area contributed by atoms with Crippen molar-refractivity contribution >= 4 is 16.9 Å². The topological polar surface area (TPSA) is 93.4 Å². The van der Waals surface area contributed by atoms with Crippen LogP contribution in [-0.2, 0) is 11.8 Å². The molecule has 2 aromatic carbocycles. The maximum Gasteiger partial charge on any atom is 0.491 e. The molecule has 1 aliphatic heterocycles. The molecule has 0 saturated carbocycles. The van der Waals surface area contributed by atoms with E-state index in [9.17, 15) is 23.1 Å². The second-order valence-electron chi connectivity index (χ2n) is 8.72. The highest BCUT2D eigenvalue weighted by atomic mass is 19.4. The van der Waals surface area contributed by atoms with Gasteiger partial charge in [-0.1, -0.05) is 13.0 Å². The van der Waals surface area contributed by atoms with Crippen molar-refractivity contribution in [2.24, 2.45) is 7.05 Å². The molecule has 0 bridgehead atoms. The lowest BCUT2D eigenvalue weighted by molar-refractivity contribution is -0.189. The Bertz CT molecular complexity index is 1440. The first kappa shape index (κ1) is 23.7. The van der Waals surface area contributed by atoms with Gasteiger partial charge in [0.15, 0.2) is 0 Å². The van der Waals surface area contributed by atoms with Crippen molar-refractivity contribution in [1.82, 2.24) is 24.9 Å². The molecule has 0 amide bonds. The molecule has 0 aliphatic carbocycles. The largest absolute Gasteiger partial charge is 0.507 e. The molecule has 1 fully saturated rings. The summed E-state index contributed by atoms with van der Waals surface area (Å²) in [5.41, 5.74) is 2.36. The SMILES string of the molecule is CCN1CC(c2ccc(-c3c(O)cc(-c4ccc5nn(C)cc5c4)cc3OC(=O)C(F)(F)F)nn2)C1. The number of carbonyl (C=O) groups excluding carboxylic acids is 1. The number of nitrogens with zero attached hydrogens (tertiary/aromatic N) is 5. The van der Waals surface area contributed by atoms with Crippen LogP contribution in [0.15, 0.2) is 48.7 Å². The van der Waals surface area contributed by atoms with Crippen LogP contribution in [-0.4, -0.2) is 61.8 Å². The number of likely N-dealkylation sites (tertiary alicyclic amines) is 1. The number of aryl methyl sites for hydroxylation is 1. The minimum atomic E-state index is -5.22. The van der Waals surface area contributed by atoms with Gasteiger partial charge < -0.3 is 14.7 Å². The number of ether oxygens (including phenoxy) is 1. The number of carbonyl (C=O) groups is 1. The van der Waals surface area contributed by atoms with Crippen LogP contribution in [0.1, 0.15) is 18.5 Å². The molecule has 2 aromatic heterocycles. The Morgan fingerprint density at radius 3 is 2.56 bits per heavy atom. The van der Waals surface area contributed by atoms with Crippen LogP contribution in [0.3, 0.4) is 0 Å². The quantitative estimate of drug-likeness (QED) is 0.325. The Morgan fingerprint density at radius 2 is 1.89 bits per heavy atom. The van der Waals surface area contributed by atoms with Crippen molar-refractivity contribution in [3.8, 4) is 33.9 Å². The Morgan fingerprint density at radius 1 is 1.11 bits per heavy atom. The number of rotatable bonds is 5. The average Bonchev–Trinajstić information content (AvgIpc) is 3.17. The molecule has 11 heteroatoms. The number of hydrogen-bond donors (Lipinski definition) is 1. The standard InChI is InChI=1S/C25H22F3N5O3/c1-3-33-12-17(13-33)18-6-7-20(30-29-18)23-21(34)9-15(10-22(23)36-24(35)25(26,27)28)14-4-5-19-16(8-14)11-32(2)31-19/h4-11,17,34H,3,12-13H2,1-2H3. The Kier molecular flexibility index (Phi) is 5.87. The predicted octanol–water partition coefficient (Wildman–Crippen LogP) is 4.29. The van der Waals surface area contributed by atoms with Crippen molar-refractivity contribution in [2.45, 2.75) is 19.0 Å². The number of esters is 1. The lowest BCUT2D eigenvalue weighted by Gasteiger charge is -2.37. The van der Waals surface area contributed by atoms with Gasteiger partial charge in [0.1, 0.15) is 17.2 Å². The van der Waals surface area contributed by atoms with Gasteiger partial charge >= 0.3 is 12.1 Å². The maximum atomic E-state index is 13.0. The summed E-state index contributed by atoms with van der Waals surface area (Å²) < 4.78 is 45.5. The van der Waals surface area contributed by atoms with Gasteiger partial charge in [-0.2, -0.15) is 23.4 Å². The average molecular weight is 497 g/mol. The van der Waals surface area contributed by atoms with Gasteiger partial charge in [-0.25, -0.2) is 4.79 Å². The first-order valence-corrected chi connectivity index (χ1v) is 11.3. The van der Waals surface area contributed by atoms with E-state index in [0.717, 1.165) is 36.2 Å². The monoisotopic (exact) mass is 497 g/mol. The highest BCUT2D eigenvalue weighted by molar-refractivity contribution is 5.88. The fourth-order valence-electron chi connectivity index (χ4n) is 4.30. The van der Waals surface area contributed by atoms with E-state index >= 15 is 0 Å². The minimum absolute atomic E-state index is 0.0853. The number of likely N-dealkylation sites (N-methyl/N-ethyl adjacent to an activating group) is 1. The molecule has 0 unspecified atom stereocenters. The highest BCUT2D eigenvalue weighted by Crippen LogP contribution is 2.42. The molecule has 36 heavy (non-hydrogen) atoms. The number of halogens is 3. The van der Waals surface area contributed by atoms with Gasteiger partial charge in [0.05, 0.1) is 16.8 Å². The number of fused-ring (bicyclic) bond motifs is 1. The fraction of sp³-hybridized carbons (Fsp3) is 0.280. The molecule has 1 aliphatic rings. The van der Waals surface area contributed by atoms with E-state index in [2.05, 4.69) is 27.1 Å². The van der Waals surface area contributed by atoms with Gasteiger partial charge in [0.25, 0.3) is 0 Å². The number of aromatic hydroxyl groups is 1. The molecule has 0 radical (unpaired) electrons. The zero-order valence-electron chi connectivity index (χ0n) is 19.5. The molecule has 186 valence electrons. The predicted molar refractivity (Wildman–Crippen MR) is 125 cm³/mol. The van der Waals surface area contributed by atoms with Gasteiger partial charge in [-0.3, -0.25) is 4.68 Å². The van der Waals surface area contributed by atoms with Gasteiger partial charge in [0, 0.05) is 37.6 Å². The second kappa shape index (κ2) is 8.90. The van der Waals surface area contributed by atoms with Gasteiger partial charge in [-0.15, -0.1) is 5.10 Å². The smallest absolute Gasteiger partial charge is 0.491 e. The van der Waals surface area contributed by atoms with E-state index in [1.54, 1.807) is 48.3 Å². The first-order valence-electron chi connectivity index (χ1n) is 11.3. The van der Waals surface area contributed by atoms with Crippen molar-refractivity contribution in [1.29, 1.82) is 0 Å². The van der Waals surface area contributed by atoms with Crippen LogP contribution < -0.4 is 4.74 Å². The van der Waals surface area contributed by atoms with E-state index in [-0.39, 0.29) is 17.2 Å². The molecule has 5 rings (SSSR count). The summed E-state index contributed by atoms with van der Waals surface area (Å²) in [6.45, 7) is 4.69. The molecule has 8 nitrogen and oxygen atoms in total. The summed E-state index contributed by atoms with van der Waals surface area (Å²) in [5.74, 6) is -3.05. The number of benzene rings is 2. The maximum absolute atomic E-state index is 13.0. The summed E-state index contributed by atoms with van der Waals surface area (Å²) in [7, 11) is 1.77. The minimum Gasteiger partial charge on any atom is -0.507 e. The molecule has 3 heterocycles. The van der Waals surface area contributed by atoms with Crippen LogP contribution in [0.25, 0.3) is 33.3 Å². The fourth-order valence-corrected chi connectivity index (χ4v) is 4.30. The lowest BCUT2D eigenvalue weighted by Crippen LogP contribution is -2.44. The van der Waals surface area contributed by atoms with Crippen molar-refractivity contribution < 1.29 is 27.8 Å². The molecule has 1 N–H and O–H groups in total. The summed E-state index contributed by atoms with van der Waals surface area (Å²) in [4.78, 5) is 14.0. The Hall–Kier alpha value is -3.99. The van der Waals surface area contributed by atoms with Gasteiger partial charge in [-0.05, 0) is 54.1 Å². The summed E-state index contributed by atoms with van der Waals surface area (Å²) in [6.07, 6.45) is -3.43. The number of hydrogen-bond acceptors (Lipinski definition) is 7. The van der Waals surface area contributed by atoms with Crippen LogP contribution in [0.4, 0.5) is 13.2 Å². The van der Waals surface area contributed by atoms with Crippen LogP contribution in [0.5, 0.6) is 11.5 Å². The summed E-state index contributed by atoms with van der Waals surface area (Å²) in [6, 6.07) is 11.2. The van der Waals surface area contributed by atoms with E-state index in [0.29, 0.717) is 11.1 Å². The van der Waals surface area contributed by atoms with Crippen LogP contribution >= 0.6 is 0 Å². The number of alkyl halides is 3. The second-order valence-corrected chi connectivity index (χ2v) is 8.72. The zero-order valence-corrected chi connectivity index (χ0v) is 19.5. The van der Waals surface area contributed by atoms with E-state index in [1.807, 2.05) is 0 Å². The zero-order chi connectivity index (χ0) is 25.6. The molecular formula is C25H22F3N5O3. The third kappa shape index (κ3) is 4.49. The lowest BCUT2D eigenvalue weighted by atomic mass is 9.95. The van der Waals surface area contributed by atoms with E-state index in [4.69, 9.17) is 4.74 Å². The van der Waals surface area contributed by atoms with Crippen molar-refractivity contribution in [2.75, 3.05) is 19.6 Å². The van der Waals surface area contributed by atoms with Gasteiger partial charge in [0.2, 0.25) is 0 Å². The normalized spacial score (nSPS) is 14.7. The molecular weight excluding hydrogens is 475 g/mol. The Balaban J connectivity index is 1.55. The summed E-state index contributed by atoms with van der Waals surface area (Å²) in [5, 5.41) is 24.3. The van der Waals surface area contributed by atoms with Crippen LogP contribution in [0, 0.1) is 0 Å². The number of phenols is 1.